The van der Waals surface area contributed by atoms with Crippen LogP contribution < -0.4 is 14.8 Å². The van der Waals surface area contributed by atoms with Gasteiger partial charge in [0.25, 0.3) is 5.91 Å². The third-order valence-corrected chi connectivity index (χ3v) is 3.28. The molecular weight excluding hydrogens is 310 g/mol. The second-order valence-corrected chi connectivity index (χ2v) is 5.79. The molecule has 6 nitrogen and oxygen atoms in total. The molecule has 1 aliphatic rings. The molecule has 1 amide bonds. The second kappa shape index (κ2) is 6.87. The van der Waals surface area contributed by atoms with Gasteiger partial charge in [-0.3, -0.25) is 4.79 Å². The molecule has 0 unspecified atom stereocenters. The minimum Gasteiger partial charge on any atom is -0.454 e. The fourth-order valence-electron chi connectivity index (χ4n) is 1.82. The summed E-state index contributed by atoms with van der Waals surface area (Å²) < 4.78 is 15.5. The van der Waals surface area contributed by atoms with Crippen LogP contribution in [0.25, 0.3) is 0 Å². The molecule has 0 saturated carbocycles. The van der Waals surface area contributed by atoms with Crippen molar-refractivity contribution in [1.82, 2.24) is 5.32 Å². The van der Waals surface area contributed by atoms with Crippen molar-refractivity contribution >= 4 is 23.5 Å². The number of fused-ring (bicyclic) bond motifs is 1. The third-order valence-electron chi connectivity index (χ3n) is 3.00. The number of carbonyl (C=O) groups is 2. The number of rotatable bonds is 5. The number of halogens is 1. The van der Waals surface area contributed by atoms with E-state index in [1.165, 1.54) is 19.1 Å². The molecule has 1 aliphatic heterocycles. The molecule has 0 radical (unpaired) electrons. The fraction of sp³-hybridized carbons (Fsp3) is 0.467. The van der Waals surface area contributed by atoms with E-state index in [9.17, 15) is 9.59 Å². The normalized spacial score (nSPS) is 13.9. The minimum atomic E-state index is -0.893. The molecule has 2 rings (SSSR count). The van der Waals surface area contributed by atoms with Gasteiger partial charge in [-0.05, 0) is 25.0 Å². The van der Waals surface area contributed by atoms with Crippen molar-refractivity contribution in [3.05, 3.63) is 22.7 Å². The Morgan fingerprint density at radius 3 is 2.73 bits per heavy atom. The maximum atomic E-state index is 12.1. The van der Waals surface area contributed by atoms with Crippen molar-refractivity contribution in [2.75, 3.05) is 13.3 Å². The van der Waals surface area contributed by atoms with E-state index in [1.807, 2.05) is 13.8 Å². The van der Waals surface area contributed by atoms with E-state index in [1.54, 1.807) is 0 Å². The first-order valence-electron chi connectivity index (χ1n) is 6.96. The van der Waals surface area contributed by atoms with E-state index < -0.39 is 12.1 Å². The van der Waals surface area contributed by atoms with E-state index in [0.29, 0.717) is 24.0 Å². The summed E-state index contributed by atoms with van der Waals surface area (Å²) in [7, 11) is 0. The molecule has 1 N–H and O–H groups in total. The van der Waals surface area contributed by atoms with Crippen LogP contribution >= 0.6 is 11.6 Å². The van der Waals surface area contributed by atoms with Gasteiger partial charge in [-0.1, -0.05) is 25.4 Å². The van der Waals surface area contributed by atoms with E-state index >= 15 is 0 Å². The monoisotopic (exact) mass is 327 g/mol. The number of benzene rings is 1. The number of nitrogens with one attached hydrogen (secondary N) is 1. The Morgan fingerprint density at radius 2 is 2.05 bits per heavy atom. The number of hydrogen-bond acceptors (Lipinski definition) is 5. The number of carbonyl (C=O) groups excluding carboxylic acids is 2. The largest absolute Gasteiger partial charge is 0.454 e. The number of esters is 1. The summed E-state index contributed by atoms with van der Waals surface area (Å²) >= 11 is 6.01. The van der Waals surface area contributed by atoms with Gasteiger partial charge in [-0.15, -0.1) is 0 Å². The van der Waals surface area contributed by atoms with E-state index in [2.05, 4.69) is 5.32 Å². The maximum Gasteiger partial charge on any atom is 0.339 e. The van der Waals surface area contributed by atoms with Crippen LogP contribution in [0.1, 0.15) is 31.1 Å². The molecular formula is C15H18ClNO5. The van der Waals surface area contributed by atoms with Crippen molar-refractivity contribution in [3.63, 3.8) is 0 Å². The summed E-state index contributed by atoms with van der Waals surface area (Å²) in [5.74, 6) is 0.123. The highest BCUT2D eigenvalue weighted by Gasteiger charge is 2.24. The lowest BCUT2D eigenvalue weighted by atomic mass is 10.2. The van der Waals surface area contributed by atoms with Crippen molar-refractivity contribution in [2.45, 2.75) is 26.9 Å². The molecule has 0 bridgehead atoms. The Balaban J connectivity index is 2.00. The van der Waals surface area contributed by atoms with E-state index in [4.69, 9.17) is 25.8 Å². The lowest BCUT2D eigenvalue weighted by Crippen LogP contribution is -2.37. The lowest BCUT2D eigenvalue weighted by molar-refractivity contribution is -0.129. The molecule has 1 aromatic carbocycles. The lowest BCUT2D eigenvalue weighted by Gasteiger charge is -2.14. The highest BCUT2D eigenvalue weighted by molar-refractivity contribution is 6.32. The first kappa shape index (κ1) is 16.4. The van der Waals surface area contributed by atoms with Crippen LogP contribution in [0.3, 0.4) is 0 Å². The Hall–Kier alpha value is -1.95. The predicted octanol–water partition coefficient (Wildman–Crippen LogP) is 2.39. The Bertz CT molecular complexity index is 588. The Morgan fingerprint density at radius 1 is 1.32 bits per heavy atom. The molecule has 1 atom stereocenters. The summed E-state index contributed by atoms with van der Waals surface area (Å²) in [5.41, 5.74) is 0.206. The zero-order valence-electron chi connectivity index (χ0n) is 12.6. The zero-order valence-corrected chi connectivity index (χ0v) is 13.4. The van der Waals surface area contributed by atoms with Crippen LogP contribution in [0.4, 0.5) is 0 Å². The molecule has 0 saturated heterocycles. The quantitative estimate of drug-likeness (QED) is 0.840. The molecule has 0 spiro atoms. The van der Waals surface area contributed by atoms with Gasteiger partial charge in [0.05, 0.1) is 10.6 Å². The van der Waals surface area contributed by atoms with Crippen LogP contribution in [0.5, 0.6) is 11.5 Å². The molecule has 120 valence electrons. The number of hydrogen-bond donors (Lipinski definition) is 1. The van der Waals surface area contributed by atoms with Crippen LogP contribution in [0, 0.1) is 5.92 Å². The van der Waals surface area contributed by atoms with Gasteiger partial charge in [-0.2, -0.15) is 0 Å². The highest BCUT2D eigenvalue weighted by Crippen LogP contribution is 2.39. The molecule has 7 heteroatoms. The smallest absolute Gasteiger partial charge is 0.339 e. The molecule has 0 aliphatic carbocycles. The van der Waals surface area contributed by atoms with Crippen molar-refractivity contribution < 1.29 is 23.8 Å². The van der Waals surface area contributed by atoms with Gasteiger partial charge in [-0.25, -0.2) is 4.79 Å². The predicted molar refractivity (Wildman–Crippen MR) is 80.3 cm³/mol. The fourth-order valence-corrected chi connectivity index (χ4v) is 2.08. The first-order chi connectivity index (χ1) is 10.4. The highest BCUT2D eigenvalue weighted by atomic mass is 35.5. The van der Waals surface area contributed by atoms with Crippen molar-refractivity contribution in [3.8, 4) is 11.5 Å². The molecule has 1 aromatic rings. The van der Waals surface area contributed by atoms with Gasteiger partial charge in [0.2, 0.25) is 6.79 Å². The van der Waals surface area contributed by atoms with Crippen LogP contribution in [-0.2, 0) is 9.53 Å². The van der Waals surface area contributed by atoms with Crippen LogP contribution in [0.15, 0.2) is 12.1 Å². The van der Waals surface area contributed by atoms with Crippen LogP contribution in [-0.4, -0.2) is 31.3 Å². The van der Waals surface area contributed by atoms with Gasteiger partial charge in [0.1, 0.15) is 0 Å². The summed E-state index contributed by atoms with van der Waals surface area (Å²) in [6, 6.07) is 2.91. The Labute approximate surface area is 133 Å². The number of amides is 1. The second-order valence-electron chi connectivity index (χ2n) is 5.38. The summed E-state index contributed by atoms with van der Waals surface area (Å²) in [4.78, 5) is 23.9. The molecule has 0 aromatic heterocycles. The molecule has 1 heterocycles. The third kappa shape index (κ3) is 3.82. The van der Waals surface area contributed by atoms with Gasteiger partial charge < -0.3 is 19.5 Å². The minimum absolute atomic E-state index is 0.0571. The van der Waals surface area contributed by atoms with Crippen molar-refractivity contribution in [2.24, 2.45) is 5.92 Å². The van der Waals surface area contributed by atoms with E-state index in [-0.39, 0.29) is 23.3 Å². The van der Waals surface area contributed by atoms with Crippen molar-refractivity contribution in [1.29, 1.82) is 0 Å². The van der Waals surface area contributed by atoms with Gasteiger partial charge >= 0.3 is 5.97 Å². The van der Waals surface area contributed by atoms with Gasteiger partial charge in [0, 0.05) is 6.54 Å². The topological polar surface area (TPSA) is 73.9 Å². The molecule has 0 fully saturated rings. The van der Waals surface area contributed by atoms with Crippen LogP contribution in [0.2, 0.25) is 5.02 Å². The summed E-state index contributed by atoms with van der Waals surface area (Å²) in [6.07, 6.45) is -0.893. The number of ether oxygens (including phenoxy) is 3. The van der Waals surface area contributed by atoms with E-state index in [0.717, 1.165) is 0 Å². The maximum absolute atomic E-state index is 12.1. The average Bonchev–Trinajstić information content (AvgIpc) is 2.93. The SMILES string of the molecule is CC(C)CNC(=O)[C@@H](C)OC(=O)c1cc(Cl)c2c(c1)OCO2. The average molecular weight is 328 g/mol. The zero-order chi connectivity index (χ0) is 16.3. The first-order valence-corrected chi connectivity index (χ1v) is 7.34. The van der Waals surface area contributed by atoms with Gasteiger partial charge in [0.15, 0.2) is 17.6 Å². The summed E-state index contributed by atoms with van der Waals surface area (Å²) in [5, 5.41) is 2.97. The standard InChI is InChI=1S/C15H18ClNO5/c1-8(2)6-17-14(18)9(3)22-15(19)10-4-11(16)13-12(5-10)20-7-21-13/h4-5,8-9H,6-7H2,1-3H3,(H,17,18)/t9-/m1/s1. The summed E-state index contributed by atoms with van der Waals surface area (Å²) in [6.45, 7) is 6.05. The Kier molecular flexibility index (Phi) is 5.13. The molecule has 22 heavy (non-hydrogen) atoms.